The number of carbonyl (C=O) groups is 2. The molecule has 1 heterocycles. The molecule has 1 amide bonds. The van der Waals surface area contributed by atoms with E-state index < -0.39 is 12.6 Å². The van der Waals surface area contributed by atoms with Crippen molar-refractivity contribution in [3.63, 3.8) is 0 Å². The summed E-state index contributed by atoms with van der Waals surface area (Å²) < 4.78 is 21.3. The average molecular weight is 387 g/mol. The summed E-state index contributed by atoms with van der Waals surface area (Å²) in [5.74, 6) is 0.521. The minimum Gasteiger partial charge on any atom is -0.490 e. The summed E-state index contributed by atoms with van der Waals surface area (Å²) in [6.07, 6.45) is 0. The van der Waals surface area contributed by atoms with E-state index in [0.29, 0.717) is 29.4 Å². The number of carboxylic acid groups (broad SMARTS) is 1. The van der Waals surface area contributed by atoms with Gasteiger partial charge in [-0.2, -0.15) is 0 Å². The average Bonchev–Trinajstić information content (AvgIpc) is 3.14. The van der Waals surface area contributed by atoms with Crippen LogP contribution in [0.5, 0.6) is 23.0 Å². The molecular formula is C20H21NO7. The zero-order chi connectivity index (χ0) is 20.1. The van der Waals surface area contributed by atoms with Crippen LogP contribution in [0.15, 0.2) is 36.4 Å². The van der Waals surface area contributed by atoms with Gasteiger partial charge in [0, 0.05) is 5.56 Å². The van der Waals surface area contributed by atoms with Crippen LogP contribution >= 0.6 is 0 Å². The van der Waals surface area contributed by atoms with Gasteiger partial charge in [-0.1, -0.05) is 6.07 Å². The third kappa shape index (κ3) is 4.46. The first-order chi connectivity index (χ1) is 13.5. The van der Waals surface area contributed by atoms with Gasteiger partial charge in [0.1, 0.15) is 0 Å². The molecule has 0 radical (unpaired) electrons. The third-order valence-electron chi connectivity index (χ3n) is 4.10. The highest BCUT2D eigenvalue weighted by Gasteiger charge is 2.18. The van der Waals surface area contributed by atoms with Gasteiger partial charge in [-0.05, 0) is 49.7 Å². The van der Waals surface area contributed by atoms with Gasteiger partial charge in [-0.25, -0.2) is 4.79 Å². The van der Waals surface area contributed by atoms with Gasteiger partial charge >= 0.3 is 5.97 Å². The number of rotatable bonds is 8. The number of ether oxygens (including phenoxy) is 4. The van der Waals surface area contributed by atoms with E-state index in [9.17, 15) is 9.59 Å². The van der Waals surface area contributed by atoms with Crippen molar-refractivity contribution in [3.8, 4) is 23.0 Å². The number of fused-ring (bicyclic) bond motifs is 1. The molecule has 2 aromatic rings. The maximum atomic E-state index is 12.6. The monoisotopic (exact) mass is 387 g/mol. The molecule has 2 N–H and O–H groups in total. The molecule has 2 aromatic carbocycles. The summed E-state index contributed by atoms with van der Waals surface area (Å²) in [7, 11) is 0. The van der Waals surface area contributed by atoms with Crippen LogP contribution in [0.4, 0.5) is 0 Å². The normalized spacial score (nSPS) is 12.9. The summed E-state index contributed by atoms with van der Waals surface area (Å²) in [5.41, 5.74) is 1.25. The Balaban J connectivity index is 1.72. The lowest BCUT2D eigenvalue weighted by molar-refractivity contribution is -0.139. The molecule has 0 aliphatic carbocycles. The molecule has 1 unspecified atom stereocenters. The van der Waals surface area contributed by atoms with Crippen LogP contribution in [0.3, 0.4) is 0 Å². The SMILES string of the molecule is CCOc1cc(C(=O)NC(C)c2ccc3c(c2)OCO3)ccc1OCC(=O)O. The zero-order valence-electron chi connectivity index (χ0n) is 15.6. The van der Waals surface area contributed by atoms with Gasteiger partial charge in [-0.3, -0.25) is 4.79 Å². The summed E-state index contributed by atoms with van der Waals surface area (Å²) >= 11 is 0. The Labute approximate surface area is 162 Å². The van der Waals surface area contributed by atoms with Gasteiger partial charge in [0.05, 0.1) is 12.6 Å². The Kier molecular flexibility index (Phi) is 5.88. The van der Waals surface area contributed by atoms with Gasteiger partial charge in [0.2, 0.25) is 6.79 Å². The fourth-order valence-electron chi connectivity index (χ4n) is 2.72. The van der Waals surface area contributed by atoms with Crippen molar-refractivity contribution in [2.75, 3.05) is 20.0 Å². The number of carboxylic acids is 1. The minimum atomic E-state index is -1.10. The van der Waals surface area contributed by atoms with Crippen molar-refractivity contribution in [2.45, 2.75) is 19.9 Å². The number of nitrogens with one attached hydrogen (secondary N) is 1. The first-order valence-corrected chi connectivity index (χ1v) is 8.79. The molecule has 0 fully saturated rings. The maximum absolute atomic E-state index is 12.6. The topological polar surface area (TPSA) is 103 Å². The van der Waals surface area contributed by atoms with E-state index in [4.69, 9.17) is 24.1 Å². The maximum Gasteiger partial charge on any atom is 0.341 e. The second kappa shape index (κ2) is 8.51. The van der Waals surface area contributed by atoms with Crippen LogP contribution in [0, 0.1) is 0 Å². The molecule has 0 saturated carbocycles. The Morgan fingerprint density at radius 2 is 1.89 bits per heavy atom. The fourth-order valence-corrected chi connectivity index (χ4v) is 2.72. The Bertz CT molecular complexity index is 881. The zero-order valence-corrected chi connectivity index (χ0v) is 15.6. The molecule has 1 aliphatic heterocycles. The first kappa shape index (κ1) is 19.3. The quantitative estimate of drug-likeness (QED) is 0.718. The first-order valence-electron chi connectivity index (χ1n) is 8.79. The molecule has 1 aliphatic rings. The van der Waals surface area contributed by atoms with Crippen molar-refractivity contribution in [1.29, 1.82) is 0 Å². The Morgan fingerprint density at radius 3 is 2.64 bits per heavy atom. The number of amides is 1. The highest BCUT2D eigenvalue weighted by atomic mass is 16.7. The van der Waals surface area contributed by atoms with Crippen LogP contribution in [-0.2, 0) is 4.79 Å². The van der Waals surface area contributed by atoms with Crippen LogP contribution in [0.1, 0.15) is 35.8 Å². The van der Waals surface area contributed by atoms with Crippen molar-refractivity contribution >= 4 is 11.9 Å². The summed E-state index contributed by atoms with van der Waals surface area (Å²) in [5, 5.41) is 11.7. The molecule has 28 heavy (non-hydrogen) atoms. The highest BCUT2D eigenvalue weighted by molar-refractivity contribution is 5.95. The molecule has 8 nitrogen and oxygen atoms in total. The third-order valence-corrected chi connectivity index (χ3v) is 4.10. The molecule has 8 heteroatoms. The van der Waals surface area contributed by atoms with Crippen molar-refractivity contribution in [3.05, 3.63) is 47.5 Å². The van der Waals surface area contributed by atoms with E-state index in [2.05, 4.69) is 5.32 Å². The van der Waals surface area contributed by atoms with E-state index in [-0.39, 0.29) is 24.5 Å². The summed E-state index contributed by atoms with van der Waals surface area (Å²) in [6, 6.07) is 9.86. The van der Waals surface area contributed by atoms with Crippen LogP contribution in [0.25, 0.3) is 0 Å². The lowest BCUT2D eigenvalue weighted by Crippen LogP contribution is -2.26. The predicted molar refractivity (Wildman–Crippen MR) is 99.2 cm³/mol. The van der Waals surface area contributed by atoms with Crippen molar-refractivity contribution in [2.24, 2.45) is 0 Å². The van der Waals surface area contributed by atoms with E-state index in [1.807, 2.05) is 25.1 Å². The van der Waals surface area contributed by atoms with Gasteiger partial charge in [0.15, 0.2) is 29.6 Å². The van der Waals surface area contributed by atoms with Crippen molar-refractivity contribution in [1.82, 2.24) is 5.32 Å². The largest absolute Gasteiger partial charge is 0.490 e. The molecule has 0 saturated heterocycles. The number of aliphatic carboxylic acids is 1. The number of carbonyl (C=O) groups excluding carboxylic acids is 1. The summed E-state index contributed by atoms with van der Waals surface area (Å²) in [6.45, 7) is 3.70. The van der Waals surface area contributed by atoms with Crippen molar-refractivity contribution < 1.29 is 33.6 Å². The molecule has 0 spiro atoms. The molecule has 0 bridgehead atoms. The Morgan fingerprint density at radius 1 is 1.11 bits per heavy atom. The molecular weight excluding hydrogens is 366 g/mol. The fraction of sp³-hybridized carbons (Fsp3) is 0.300. The van der Waals surface area contributed by atoms with E-state index in [0.717, 1.165) is 5.56 Å². The predicted octanol–water partition coefficient (Wildman–Crippen LogP) is 2.77. The van der Waals surface area contributed by atoms with Gasteiger partial charge in [0.25, 0.3) is 5.91 Å². The number of hydrogen-bond acceptors (Lipinski definition) is 6. The number of hydrogen-bond donors (Lipinski definition) is 2. The second-order valence-corrected chi connectivity index (χ2v) is 6.08. The molecule has 1 atom stereocenters. The summed E-state index contributed by atoms with van der Waals surface area (Å²) in [4.78, 5) is 23.3. The van der Waals surface area contributed by atoms with E-state index in [1.165, 1.54) is 12.1 Å². The molecule has 3 rings (SSSR count). The van der Waals surface area contributed by atoms with Crippen LogP contribution in [-0.4, -0.2) is 37.0 Å². The van der Waals surface area contributed by atoms with E-state index >= 15 is 0 Å². The lowest BCUT2D eigenvalue weighted by Gasteiger charge is -2.16. The smallest absolute Gasteiger partial charge is 0.341 e. The van der Waals surface area contributed by atoms with Crippen LogP contribution in [0.2, 0.25) is 0 Å². The van der Waals surface area contributed by atoms with Crippen LogP contribution < -0.4 is 24.3 Å². The Hall–Kier alpha value is -3.42. The number of benzene rings is 2. The minimum absolute atomic E-state index is 0.191. The molecule has 148 valence electrons. The standard InChI is InChI=1S/C20H21NO7/c1-3-25-17-9-14(5-7-15(17)26-10-19(22)23)20(24)21-12(2)13-4-6-16-18(8-13)28-11-27-16/h4-9,12H,3,10-11H2,1-2H3,(H,21,24)(H,22,23). The molecule has 0 aromatic heterocycles. The lowest BCUT2D eigenvalue weighted by atomic mass is 10.1. The highest BCUT2D eigenvalue weighted by Crippen LogP contribution is 2.34. The van der Waals surface area contributed by atoms with E-state index in [1.54, 1.807) is 13.0 Å². The van der Waals surface area contributed by atoms with Gasteiger partial charge < -0.3 is 29.4 Å². The second-order valence-electron chi connectivity index (χ2n) is 6.08. The van der Waals surface area contributed by atoms with Gasteiger partial charge in [-0.15, -0.1) is 0 Å².